The summed E-state index contributed by atoms with van der Waals surface area (Å²) in [6, 6.07) is 20.3. The molecule has 144 valence electrons. The molecule has 6 heteroatoms. The van der Waals surface area contributed by atoms with Gasteiger partial charge in [-0.25, -0.2) is 0 Å². The molecule has 0 aliphatic rings. The van der Waals surface area contributed by atoms with Crippen LogP contribution in [0.4, 0.5) is 5.69 Å². The number of hydrogen-bond donors (Lipinski definition) is 2. The molecule has 0 unspecified atom stereocenters. The van der Waals surface area contributed by atoms with Gasteiger partial charge in [-0.15, -0.1) is 0 Å². The van der Waals surface area contributed by atoms with Crippen LogP contribution in [0.2, 0.25) is 0 Å². The lowest BCUT2D eigenvalue weighted by Gasteiger charge is -2.16. The van der Waals surface area contributed by atoms with Crippen LogP contribution < -0.4 is 10.6 Å². The summed E-state index contributed by atoms with van der Waals surface area (Å²) in [4.78, 5) is 26.8. The first-order chi connectivity index (χ1) is 13.6. The maximum absolute atomic E-state index is 12.6. The van der Waals surface area contributed by atoms with Crippen molar-refractivity contribution < 1.29 is 14.0 Å². The van der Waals surface area contributed by atoms with Crippen molar-refractivity contribution in [1.82, 2.24) is 10.2 Å². The zero-order valence-electron chi connectivity index (χ0n) is 15.7. The fourth-order valence-electron chi connectivity index (χ4n) is 2.82. The van der Waals surface area contributed by atoms with Crippen LogP contribution in [0.25, 0.3) is 0 Å². The first-order valence-electron chi connectivity index (χ1n) is 9.04. The number of furan rings is 1. The topological polar surface area (TPSA) is 74.6 Å². The summed E-state index contributed by atoms with van der Waals surface area (Å²) in [5.74, 6) is 0.358. The van der Waals surface area contributed by atoms with Crippen LogP contribution in [0.3, 0.4) is 0 Å². The molecule has 0 aliphatic carbocycles. The quantitative estimate of drug-likeness (QED) is 0.632. The molecule has 6 nitrogen and oxygen atoms in total. The third kappa shape index (κ3) is 5.56. The number of nitrogens with one attached hydrogen (secondary N) is 2. The molecule has 0 fully saturated rings. The Bertz CT molecular complexity index is 908. The van der Waals surface area contributed by atoms with Crippen LogP contribution in [-0.4, -0.2) is 30.3 Å². The van der Waals surface area contributed by atoms with E-state index >= 15 is 0 Å². The lowest BCUT2D eigenvalue weighted by atomic mass is 10.1. The van der Waals surface area contributed by atoms with Gasteiger partial charge in [-0.05, 0) is 36.9 Å². The average Bonchev–Trinajstić information content (AvgIpc) is 3.20. The van der Waals surface area contributed by atoms with Gasteiger partial charge in [0.25, 0.3) is 5.91 Å². The molecule has 2 N–H and O–H groups in total. The molecule has 3 aromatic rings. The van der Waals surface area contributed by atoms with Gasteiger partial charge in [0.1, 0.15) is 5.76 Å². The Morgan fingerprint density at radius 2 is 1.71 bits per heavy atom. The van der Waals surface area contributed by atoms with Gasteiger partial charge in [-0.2, -0.15) is 0 Å². The van der Waals surface area contributed by atoms with Crippen LogP contribution in [0, 0.1) is 0 Å². The summed E-state index contributed by atoms with van der Waals surface area (Å²) in [6.45, 7) is 1.13. The number of rotatable bonds is 8. The van der Waals surface area contributed by atoms with Crippen molar-refractivity contribution in [3.05, 3.63) is 89.9 Å². The van der Waals surface area contributed by atoms with Gasteiger partial charge in [0.05, 0.1) is 30.6 Å². The molecule has 0 saturated heterocycles. The highest BCUT2D eigenvalue weighted by Crippen LogP contribution is 2.15. The predicted molar refractivity (Wildman–Crippen MR) is 108 cm³/mol. The molecule has 0 bridgehead atoms. The molecule has 28 heavy (non-hydrogen) atoms. The minimum Gasteiger partial charge on any atom is -0.468 e. The van der Waals surface area contributed by atoms with E-state index in [2.05, 4.69) is 10.6 Å². The highest BCUT2D eigenvalue weighted by Gasteiger charge is 2.14. The number of nitrogens with zero attached hydrogens (tertiary/aromatic N) is 1. The van der Waals surface area contributed by atoms with Gasteiger partial charge >= 0.3 is 0 Å². The normalized spacial score (nSPS) is 10.6. The second-order valence-electron chi connectivity index (χ2n) is 6.51. The Morgan fingerprint density at radius 1 is 0.964 bits per heavy atom. The van der Waals surface area contributed by atoms with Crippen molar-refractivity contribution in [3.63, 3.8) is 0 Å². The molecule has 0 aliphatic heterocycles. The summed E-state index contributed by atoms with van der Waals surface area (Å²) in [5.41, 5.74) is 1.93. The second-order valence-corrected chi connectivity index (χ2v) is 6.51. The Hall–Kier alpha value is -3.38. The Labute approximate surface area is 164 Å². The molecule has 0 atom stereocenters. The van der Waals surface area contributed by atoms with Gasteiger partial charge in [0.15, 0.2) is 0 Å². The molecule has 0 spiro atoms. The third-order valence-corrected chi connectivity index (χ3v) is 4.16. The minimum absolute atomic E-state index is 0.181. The van der Waals surface area contributed by atoms with Crippen LogP contribution in [0.1, 0.15) is 21.7 Å². The molecule has 1 heterocycles. The Morgan fingerprint density at radius 3 is 2.46 bits per heavy atom. The van der Waals surface area contributed by atoms with Gasteiger partial charge in [-0.1, -0.05) is 42.5 Å². The summed E-state index contributed by atoms with van der Waals surface area (Å²) in [7, 11) is 1.83. The van der Waals surface area contributed by atoms with Gasteiger partial charge in [0, 0.05) is 6.54 Å². The first-order valence-corrected chi connectivity index (χ1v) is 9.04. The second kappa shape index (κ2) is 9.53. The summed E-state index contributed by atoms with van der Waals surface area (Å²) in [5, 5.41) is 5.71. The minimum atomic E-state index is -0.233. The molecule has 3 rings (SSSR count). The van der Waals surface area contributed by atoms with Crippen LogP contribution in [0.5, 0.6) is 0 Å². The Kier molecular flexibility index (Phi) is 6.59. The van der Waals surface area contributed by atoms with Crippen LogP contribution >= 0.6 is 0 Å². The highest BCUT2D eigenvalue weighted by atomic mass is 16.3. The van der Waals surface area contributed by atoms with Gasteiger partial charge in [0.2, 0.25) is 5.91 Å². The van der Waals surface area contributed by atoms with Crippen molar-refractivity contribution in [2.45, 2.75) is 13.1 Å². The molecule has 2 aromatic carbocycles. The number of hydrogen-bond acceptors (Lipinski definition) is 4. The van der Waals surface area contributed by atoms with E-state index in [0.717, 1.165) is 11.3 Å². The number of likely N-dealkylation sites (N-methyl/N-ethyl adjacent to an activating group) is 1. The number of carbonyl (C=O) groups is 2. The van der Waals surface area contributed by atoms with Crippen molar-refractivity contribution in [2.75, 3.05) is 18.9 Å². The fourth-order valence-corrected chi connectivity index (χ4v) is 2.82. The lowest BCUT2D eigenvalue weighted by molar-refractivity contribution is -0.117. The van der Waals surface area contributed by atoms with E-state index in [-0.39, 0.29) is 18.4 Å². The molecular formula is C22H23N3O3. The van der Waals surface area contributed by atoms with Gasteiger partial charge < -0.3 is 15.1 Å². The number of para-hydroxylation sites is 1. The van der Waals surface area contributed by atoms with E-state index < -0.39 is 0 Å². The maximum atomic E-state index is 12.6. The summed E-state index contributed by atoms with van der Waals surface area (Å²) in [6.07, 6.45) is 1.60. The smallest absolute Gasteiger partial charge is 0.253 e. The maximum Gasteiger partial charge on any atom is 0.253 e. The standard InChI is InChI=1S/C22H23N3O3/c1-25(15-18-10-7-13-28-18)16-21(26)24-20-12-6-5-11-19(20)22(27)23-14-17-8-3-2-4-9-17/h2-13H,14-16H2,1H3,(H,23,27)(H,24,26). The molecule has 0 saturated carbocycles. The molecule has 0 radical (unpaired) electrons. The first kappa shape index (κ1) is 19.4. The third-order valence-electron chi connectivity index (χ3n) is 4.16. The van der Waals surface area contributed by atoms with E-state index in [4.69, 9.17) is 4.42 Å². The Balaban J connectivity index is 1.58. The fraction of sp³-hybridized carbons (Fsp3) is 0.182. The van der Waals surface area contributed by atoms with Crippen molar-refractivity contribution in [3.8, 4) is 0 Å². The number of benzene rings is 2. The van der Waals surface area contributed by atoms with Crippen LogP contribution in [0.15, 0.2) is 77.4 Å². The molecular weight excluding hydrogens is 354 g/mol. The zero-order valence-corrected chi connectivity index (χ0v) is 15.7. The largest absolute Gasteiger partial charge is 0.468 e. The molecule has 1 aromatic heterocycles. The number of amides is 2. The highest BCUT2D eigenvalue weighted by molar-refractivity contribution is 6.04. The predicted octanol–water partition coefficient (Wildman–Crippen LogP) is 3.28. The van der Waals surface area contributed by atoms with Gasteiger partial charge in [-0.3, -0.25) is 14.5 Å². The zero-order chi connectivity index (χ0) is 19.8. The summed E-state index contributed by atoms with van der Waals surface area (Å²) < 4.78 is 5.29. The van der Waals surface area contributed by atoms with E-state index in [1.807, 2.05) is 54.4 Å². The van der Waals surface area contributed by atoms with E-state index in [1.54, 1.807) is 30.5 Å². The molecule has 2 amide bonds. The SMILES string of the molecule is CN(CC(=O)Nc1ccccc1C(=O)NCc1ccccc1)Cc1ccco1. The average molecular weight is 377 g/mol. The number of carbonyl (C=O) groups excluding carboxylic acids is 2. The lowest BCUT2D eigenvalue weighted by Crippen LogP contribution is -2.31. The number of anilines is 1. The monoisotopic (exact) mass is 377 g/mol. The van der Waals surface area contributed by atoms with Crippen molar-refractivity contribution >= 4 is 17.5 Å². The van der Waals surface area contributed by atoms with E-state index in [1.165, 1.54) is 0 Å². The van der Waals surface area contributed by atoms with Crippen molar-refractivity contribution in [2.24, 2.45) is 0 Å². The summed E-state index contributed by atoms with van der Waals surface area (Å²) >= 11 is 0. The van der Waals surface area contributed by atoms with Crippen molar-refractivity contribution in [1.29, 1.82) is 0 Å². The van der Waals surface area contributed by atoms with E-state index in [0.29, 0.717) is 24.3 Å². The van der Waals surface area contributed by atoms with E-state index in [9.17, 15) is 9.59 Å². The van der Waals surface area contributed by atoms with Crippen LogP contribution in [-0.2, 0) is 17.9 Å².